The maximum atomic E-state index is 11.8. The zero-order chi connectivity index (χ0) is 15.1. The Kier molecular flexibility index (Phi) is 6.27. The smallest absolute Gasteiger partial charge is 0.331 e. The van der Waals surface area contributed by atoms with E-state index in [9.17, 15) is 14.7 Å². The molecule has 0 bridgehead atoms. The lowest BCUT2D eigenvalue weighted by atomic mass is 10.2. The summed E-state index contributed by atoms with van der Waals surface area (Å²) in [6, 6.07) is 4.79. The van der Waals surface area contributed by atoms with Gasteiger partial charge in [0.05, 0.1) is 12.7 Å². The van der Waals surface area contributed by atoms with Crippen LogP contribution in [0.2, 0.25) is 5.02 Å². The Morgan fingerprint density at radius 2 is 2.15 bits per heavy atom. The minimum Gasteiger partial charge on any atom is -0.464 e. The Morgan fingerprint density at radius 1 is 1.45 bits per heavy atom. The number of hydrogen-bond donors (Lipinski definition) is 3. The molecule has 7 heteroatoms. The molecule has 1 aromatic rings. The molecule has 0 aliphatic carbocycles. The van der Waals surface area contributed by atoms with Crippen molar-refractivity contribution in [3.05, 3.63) is 29.3 Å². The fourth-order valence-corrected chi connectivity index (χ4v) is 1.67. The average Bonchev–Trinajstić information content (AvgIpc) is 2.35. The van der Waals surface area contributed by atoms with Crippen molar-refractivity contribution in [2.24, 2.45) is 0 Å². The molecule has 1 rings (SSSR count). The van der Waals surface area contributed by atoms with Gasteiger partial charge in [-0.05, 0) is 32.0 Å². The highest BCUT2D eigenvalue weighted by molar-refractivity contribution is 6.30. The fraction of sp³-hybridized carbons (Fsp3) is 0.385. The van der Waals surface area contributed by atoms with Gasteiger partial charge in [0.15, 0.2) is 6.04 Å². The average molecular weight is 301 g/mol. The molecule has 20 heavy (non-hydrogen) atoms. The van der Waals surface area contributed by atoms with Crippen LogP contribution in [0.3, 0.4) is 0 Å². The second-order valence-corrected chi connectivity index (χ2v) is 4.52. The fourth-order valence-electron chi connectivity index (χ4n) is 1.48. The van der Waals surface area contributed by atoms with Crippen LogP contribution < -0.4 is 10.6 Å². The summed E-state index contributed by atoms with van der Waals surface area (Å²) < 4.78 is 4.77. The number of hydrogen-bond acceptors (Lipinski definition) is 4. The second kappa shape index (κ2) is 7.72. The highest BCUT2D eigenvalue weighted by Gasteiger charge is 2.26. The largest absolute Gasteiger partial charge is 0.464 e. The third-order valence-corrected chi connectivity index (χ3v) is 2.63. The number of benzene rings is 1. The molecule has 0 spiro atoms. The van der Waals surface area contributed by atoms with Gasteiger partial charge in [-0.15, -0.1) is 0 Å². The van der Waals surface area contributed by atoms with E-state index >= 15 is 0 Å². The third-order valence-electron chi connectivity index (χ3n) is 2.39. The van der Waals surface area contributed by atoms with Crippen molar-refractivity contribution in [1.29, 1.82) is 0 Å². The topological polar surface area (TPSA) is 87.7 Å². The van der Waals surface area contributed by atoms with E-state index < -0.39 is 24.1 Å². The number of halogens is 1. The van der Waals surface area contributed by atoms with E-state index in [2.05, 4.69) is 10.6 Å². The van der Waals surface area contributed by atoms with Gasteiger partial charge in [0, 0.05) is 10.7 Å². The van der Waals surface area contributed by atoms with Crippen LogP contribution in [0.1, 0.15) is 13.8 Å². The monoisotopic (exact) mass is 300 g/mol. The number of ether oxygens (including phenoxy) is 1. The summed E-state index contributed by atoms with van der Waals surface area (Å²) in [5.74, 6) is -0.691. The second-order valence-electron chi connectivity index (χ2n) is 4.08. The van der Waals surface area contributed by atoms with Gasteiger partial charge in [-0.1, -0.05) is 17.7 Å². The minimum atomic E-state index is -1.13. The van der Waals surface area contributed by atoms with Gasteiger partial charge >= 0.3 is 12.0 Å². The predicted octanol–water partition coefficient (Wildman–Crippen LogP) is 1.77. The van der Waals surface area contributed by atoms with Crippen molar-refractivity contribution >= 4 is 29.3 Å². The first-order valence-corrected chi connectivity index (χ1v) is 6.49. The molecule has 110 valence electrons. The van der Waals surface area contributed by atoms with Gasteiger partial charge in [-0.2, -0.15) is 0 Å². The standard InChI is InChI=1S/C13H17ClN2O4/c1-3-20-12(18)11(8(2)17)16-13(19)15-10-6-4-5-9(14)7-10/h4-8,11,17H,3H2,1-2H3,(H2,15,16,19). The molecule has 0 heterocycles. The Hall–Kier alpha value is -1.79. The molecule has 6 nitrogen and oxygen atoms in total. The quantitative estimate of drug-likeness (QED) is 0.723. The molecule has 1 aromatic carbocycles. The number of aliphatic hydroxyl groups is 1. The number of amides is 2. The lowest BCUT2D eigenvalue weighted by molar-refractivity contribution is -0.147. The molecular weight excluding hydrogens is 284 g/mol. The molecule has 2 amide bonds. The van der Waals surface area contributed by atoms with Crippen LogP contribution in [0.15, 0.2) is 24.3 Å². The van der Waals surface area contributed by atoms with Gasteiger partial charge in [-0.3, -0.25) is 0 Å². The first-order chi connectivity index (χ1) is 9.43. The predicted molar refractivity (Wildman–Crippen MR) is 75.7 cm³/mol. The molecule has 0 aliphatic rings. The molecule has 0 radical (unpaired) electrons. The number of urea groups is 1. The summed E-state index contributed by atoms with van der Waals surface area (Å²) in [5, 5.41) is 14.8. The van der Waals surface area contributed by atoms with Gasteiger partial charge in [-0.25, -0.2) is 9.59 Å². The third kappa shape index (κ3) is 5.07. The van der Waals surface area contributed by atoms with E-state index in [-0.39, 0.29) is 6.61 Å². The van der Waals surface area contributed by atoms with E-state index in [0.29, 0.717) is 10.7 Å². The first-order valence-electron chi connectivity index (χ1n) is 6.11. The van der Waals surface area contributed by atoms with Gasteiger partial charge < -0.3 is 20.5 Å². The Labute approximate surface area is 122 Å². The zero-order valence-corrected chi connectivity index (χ0v) is 12.0. The number of rotatable bonds is 5. The van der Waals surface area contributed by atoms with Crippen molar-refractivity contribution in [2.45, 2.75) is 26.0 Å². The number of aliphatic hydroxyl groups excluding tert-OH is 1. The Balaban J connectivity index is 2.65. The summed E-state index contributed by atoms with van der Waals surface area (Å²) in [7, 11) is 0. The number of nitrogens with one attached hydrogen (secondary N) is 2. The molecular formula is C13H17ClN2O4. The Bertz CT molecular complexity index is 479. The summed E-state index contributed by atoms with van der Waals surface area (Å²) in [4.78, 5) is 23.3. The van der Waals surface area contributed by atoms with Crippen LogP contribution in [-0.2, 0) is 9.53 Å². The van der Waals surface area contributed by atoms with E-state index in [1.807, 2.05) is 0 Å². The van der Waals surface area contributed by atoms with Crippen LogP contribution in [0.5, 0.6) is 0 Å². The van der Waals surface area contributed by atoms with Crippen molar-refractivity contribution in [3.8, 4) is 0 Å². The van der Waals surface area contributed by atoms with Gasteiger partial charge in [0.1, 0.15) is 0 Å². The summed E-state index contributed by atoms with van der Waals surface area (Å²) in [6.07, 6.45) is -1.07. The van der Waals surface area contributed by atoms with E-state index in [1.165, 1.54) is 6.92 Å². The maximum Gasteiger partial charge on any atom is 0.331 e. The van der Waals surface area contributed by atoms with Crippen LogP contribution in [0.25, 0.3) is 0 Å². The number of carbonyl (C=O) groups is 2. The van der Waals surface area contributed by atoms with Crippen molar-refractivity contribution in [1.82, 2.24) is 5.32 Å². The zero-order valence-electron chi connectivity index (χ0n) is 11.2. The van der Waals surface area contributed by atoms with Gasteiger partial charge in [0.2, 0.25) is 0 Å². The first kappa shape index (κ1) is 16.3. The molecule has 2 unspecified atom stereocenters. The number of anilines is 1. The van der Waals surface area contributed by atoms with Crippen molar-refractivity contribution < 1.29 is 19.4 Å². The molecule has 0 aliphatic heterocycles. The van der Waals surface area contributed by atoms with Crippen LogP contribution in [-0.4, -0.2) is 35.9 Å². The van der Waals surface area contributed by atoms with Gasteiger partial charge in [0.25, 0.3) is 0 Å². The normalized spacial score (nSPS) is 13.2. The van der Waals surface area contributed by atoms with Crippen LogP contribution in [0, 0.1) is 0 Å². The molecule has 0 fully saturated rings. The van der Waals surface area contributed by atoms with Crippen LogP contribution in [0.4, 0.5) is 10.5 Å². The van der Waals surface area contributed by atoms with E-state index in [1.54, 1.807) is 31.2 Å². The highest BCUT2D eigenvalue weighted by atomic mass is 35.5. The SMILES string of the molecule is CCOC(=O)C(NC(=O)Nc1cccc(Cl)c1)C(C)O. The summed E-state index contributed by atoms with van der Waals surface area (Å²) >= 11 is 5.79. The van der Waals surface area contributed by atoms with E-state index in [0.717, 1.165) is 0 Å². The van der Waals surface area contributed by atoms with E-state index in [4.69, 9.17) is 16.3 Å². The Morgan fingerprint density at radius 3 is 2.70 bits per heavy atom. The molecule has 0 saturated heterocycles. The molecule has 0 saturated carbocycles. The molecule has 2 atom stereocenters. The lowest BCUT2D eigenvalue weighted by Crippen LogP contribution is -2.49. The van der Waals surface area contributed by atoms with Crippen molar-refractivity contribution in [3.63, 3.8) is 0 Å². The maximum absolute atomic E-state index is 11.8. The number of carbonyl (C=O) groups excluding carboxylic acids is 2. The molecule has 0 aromatic heterocycles. The molecule has 3 N–H and O–H groups in total. The summed E-state index contributed by atoms with van der Waals surface area (Å²) in [5.41, 5.74) is 0.475. The lowest BCUT2D eigenvalue weighted by Gasteiger charge is -2.19. The minimum absolute atomic E-state index is 0.166. The van der Waals surface area contributed by atoms with Crippen LogP contribution >= 0.6 is 11.6 Å². The number of esters is 1. The summed E-state index contributed by atoms with van der Waals surface area (Å²) in [6.45, 7) is 3.20. The van der Waals surface area contributed by atoms with Crippen molar-refractivity contribution in [2.75, 3.05) is 11.9 Å². The highest BCUT2D eigenvalue weighted by Crippen LogP contribution is 2.14.